The van der Waals surface area contributed by atoms with Gasteiger partial charge in [0.05, 0.1) is 0 Å². The summed E-state index contributed by atoms with van der Waals surface area (Å²) in [6.07, 6.45) is 0. The maximum atomic E-state index is 12.4. The highest BCUT2D eigenvalue weighted by atomic mass is 79.9. The maximum Gasteiger partial charge on any atom is 0.263 e. The summed E-state index contributed by atoms with van der Waals surface area (Å²) in [5.41, 5.74) is 0.751. The van der Waals surface area contributed by atoms with Crippen molar-refractivity contribution < 1.29 is 13.2 Å². The van der Waals surface area contributed by atoms with E-state index in [0.717, 1.165) is 0 Å². The summed E-state index contributed by atoms with van der Waals surface area (Å²) in [6.45, 7) is 0. The van der Waals surface area contributed by atoms with Crippen molar-refractivity contribution in [1.82, 2.24) is 4.90 Å². The zero-order valence-corrected chi connectivity index (χ0v) is 14.5. The largest absolute Gasteiger partial charge is 0.345 e. The number of carbonyl (C=O) groups excluding carboxylic acids is 1. The fourth-order valence-electron chi connectivity index (χ4n) is 1.85. The molecule has 0 fully saturated rings. The van der Waals surface area contributed by atoms with Gasteiger partial charge in [-0.3, -0.25) is 9.52 Å². The molecule has 2 aromatic carbocycles. The van der Waals surface area contributed by atoms with E-state index in [4.69, 9.17) is 0 Å². The summed E-state index contributed by atoms with van der Waals surface area (Å²) >= 11 is 3.22. The zero-order chi connectivity index (χ0) is 16.3. The molecular formula is C15H15BrN2O3S. The highest BCUT2D eigenvalue weighted by Gasteiger charge is 2.18. The number of carbonyl (C=O) groups is 1. The number of rotatable bonds is 4. The van der Waals surface area contributed by atoms with Crippen molar-refractivity contribution in [2.75, 3.05) is 18.8 Å². The summed E-state index contributed by atoms with van der Waals surface area (Å²) in [5, 5.41) is 0. The van der Waals surface area contributed by atoms with Crippen LogP contribution in [0.15, 0.2) is 57.9 Å². The van der Waals surface area contributed by atoms with Crippen molar-refractivity contribution in [3.63, 3.8) is 0 Å². The minimum absolute atomic E-state index is 0.138. The van der Waals surface area contributed by atoms with Crippen LogP contribution in [0.3, 0.4) is 0 Å². The first-order chi connectivity index (χ1) is 10.3. The number of amides is 1. The normalized spacial score (nSPS) is 11.0. The molecule has 2 rings (SSSR count). The van der Waals surface area contributed by atoms with Crippen molar-refractivity contribution in [1.29, 1.82) is 0 Å². The molecule has 2 aromatic rings. The van der Waals surface area contributed by atoms with Crippen LogP contribution in [0.2, 0.25) is 0 Å². The molecule has 0 aliphatic carbocycles. The van der Waals surface area contributed by atoms with E-state index in [1.54, 1.807) is 50.5 Å². The van der Waals surface area contributed by atoms with Gasteiger partial charge in [-0.1, -0.05) is 18.2 Å². The Morgan fingerprint density at radius 1 is 1.09 bits per heavy atom. The number of hydrogen-bond acceptors (Lipinski definition) is 3. The van der Waals surface area contributed by atoms with Crippen LogP contribution < -0.4 is 4.72 Å². The highest BCUT2D eigenvalue weighted by Crippen LogP contribution is 2.24. The average Bonchev–Trinajstić information content (AvgIpc) is 2.46. The molecule has 0 unspecified atom stereocenters. The van der Waals surface area contributed by atoms with E-state index in [1.807, 2.05) is 0 Å². The van der Waals surface area contributed by atoms with Gasteiger partial charge in [0.25, 0.3) is 15.9 Å². The van der Waals surface area contributed by atoms with Gasteiger partial charge in [-0.2, -0.15) is 0 Å². The van der Waals surface area contributed by atoms with E-state index in [9.17, 15) is 13.2 Å². The second kappa shape index (κ2) is 6.50. The Kier molecular flexibility index (Phi) is 4.87. The molecule has 1 amide bonds. The summed E-state index contributed by atoms with van der Waals surface area (Å²) in [5.74, 6) is -0.193. The lowest BCUT2D eigenvalue weighted by atomic mass is 10.2. The topological polar surface area (TPSA) is 66.5 Å². The van der Waals surface area contributed by atoms with Crippen LogP contribution in [0.25, 0.3) is 0 Å². The number of benzene rings is 2. The van der Waals surface area contributed by atoms with Crippen LogP contribution in [0, 0.1) is 0 Å². The summed E-state index contributed by atoms with van der Waals surface area (Å²) in [7, 11) is -0.450. The predicted octanol–water partition coefficient (Wildman–Crippen LogP) is 2.95. The Balaban J connectivity index is 2.33. The summed E-state index contributed by atoms with van der Waals surface area (Å²) < 4.78 is 27.8. The van der Waals surface area contributed by atoms with Crippen molar-refractivity contribution in [3.8, 4) is 0 Å². The second-order valence-electron chi connectivity index (χ2n) is 4.82. The zero-order valence-electron chi connectivity index (χ0n) is 12.1. The molecule has 0 saturated heterocycles. The molecule has 0 heterocycles. The number of anilines is 1. The van der Waals surface area contributed by atoms with Crippen LogP contribution >= 0.6 is 15.9 Å². The molecule has 22 heavy (non-hydrogen) atoms. The fourth-order valence-corrected chi connectivity index (χ4v) is 3.90. The predicted molar refractivity (Wildman–Crippen MR) is 89.4 cm³/mol. The fraction of sp³-hybridized carbons (Fsp3) is 0.133. The monoisotopic (exact) mass is 382 g/mol. The van der Waals surface area contributed by atoms with E-state index < -0.39 is 10.0 Å². The van der Waals surface area contributed by atoms with E-state index in [1.165, 1.54) is 17.0 Å². The van der Waals surface area contributed by atoms with Crippen molar-refractivity contribution >= 4 is 37.5 Å². The third-order valence-electron chi connectivity index (χ3n) is 2.89. The minimum atomic E-state index is -3.73. The number of halogens is 1. The van der Waals surface area contributed by atoms with Crippen LogP contribution in [-0.2, 0) is 10.0 Å². The Hall–Kier alpha value is -1.86. The maximum absolute atomic E-state index is 12.4. The van der Waals surface area contributed by atoms with Gasteiger partial charge >= 0.3 is 0 Å². The molecule has 0 saturated carbocycles. The number of nitrogens with one attached hydrogen (secondary N) is 1. The van der Waals surface area contributed by atoms with E-state index in [-0.39, 0.29) is 10.8 Å². The molecular weight excluding hydrogens is 368 g/mol. The van der Waals surface area contributed by atoms with Crippen molar-refractivity contribution in [2.24, 2.45) is 0 Å². The molecule has 0 aliphatic heterocycles. The molecule has 0 atom stereocenters. The molecule has 0 aromatic heterocycles. The number of sulfonamides is 1. The van der Waals surface area contributed by atoms with Gasteiger partial charge in [-0.15, -0.1) is 0 Å². The lowest BCUT2D eigenvalue weighted by Gasteiger charge is -2.13. The lowest BCUT2D eigenvalue weighted by Crippen LogP contribution is -2.22. The minimum Gasteiger partial charge on any atom is -0.345 e. The van der Waals surface area contributed by atoms with Crippen LogP contribution in [-0.4, -0.2) is 33.3 Å². The van der Waals surface area contributed by atoms with E-state index in [2.05, 4.69) is 20.7 Å². The Morgan fingerprint density at radius 3 is 2.41 bits per heavy atom. The molecule has 0 aliphatic rings. The van der Waals surface area contributed by atoms with Gasteiger partial charge in [0.2, 0.25) is 0 Å². The SMILES string of the molecule is CN(C)C(=O)c1cccc(NS(=O)(=O)c2ccccc2Br)c1. The molecule has 7 heteroatoms. The Bertz CT molecular complexity index is 804. The first-order valence-electron chi connectivity index (χ1n) is 6.40. The molecule has 5 nitrogen and oxygen atoms in total. The van der Waals surface area contributed by atoms with Gasteiger partial charge in [0.15, 0.2) is 0 Å². The van der Waals surface area contributed by atoms with Gasteiger partial charge in [0, 0.05) is 29.8 Å². The van der Waals surface area contributed by atoms with Gasteiger partial charge < -0.3 is 4.90 Å². The second-order valence-corrected chi connectivity index (χ2v) is 7.32. The third kappa shape index (κ3) is 3.66. The van der Waals surface area contributed by atoms with Gasteiger partial charge in [0.1, 0.15) is 4.90 Å². The first-order valence-corrected chi connectivity index (χ1v) is 8.68. The van der Waals surface area contributed by atoms with Gasteiger partial charge in [-0.05, 0) is 46.3 Å². The van der Waals surface area contributed by atoms with Crippen molar-refractivity contribution in [3.05, 3.63) is 58.6 Å². The Labute approximate surface area is 138 Å². The van der Waals surface area contributed by atoms with E-state index >= 15 is 0 Å². The standard InChI is InChI=1S/C15H15BrN2O3S/c1-18(2)15(19)11-6-5-7-12(10-11)17-22(20,21)14-9-4-3-8-13(14)16/h3-10,17H,1-2H3. The molecule has 0 spiro atoms. The summed E-state index contributed by atoms with van der Waals surface area (Å²) in [6, 6.07) is 12.9. The first kappa shape index (κ1) is 16.5. The third-order valence-corrected chi connectivity index (χ3v) is 5.29. The van der Waals surface area contributed by atoms with Crippen LogP contribution in [0.4, 0.5) is 5.69 Å². The van der Waals surface area contributed by atoms with Crippen LogP contribution in [0.1, 0.15) is 10.4 Å². The molecule has 0 bridgehead atoms. The number of nitrogens with zero attached hydrogens (tertiary/aromatic N) is 1. The van der Waals surface area contributed by atoms with Crippen LogP contribution in [0.5, 0.6) is 0 Å². The summed E-state index contributed by atoms with van der Waals surface area (Å²) in [4.78, 5) is 13.5. The lowest BCUT2D eigenvalue weighted by molar-refractivity contribution is 0.0827. The number of hydrogen-bond donors (Lipinski definition) is 1. The molecule has 1 N–H and O–H groups in total. The smallest absolute Gasteiger partial charge is 0.263 e. The molecule has 0 radical (unpaired) electrons. The highest BCUT2D eigenvalue weighted by molar-refractivity contribution is 9.10. The van der Waals surface area contributed by atoms with Gasteiger partial charge in [-0.25, -0.2) is 8.42 Å². The molecule has 116 valence electrons. The Morgan fingerprint density at radius 2 is 1.77 bits per heavy atom. The van der Waals surface area contributed by atoms with E-state index in [0.29, 0.717) is 15.7 Å². The average molecular weight is 383 g/mol. The van der Waals surface area contributed by atoms with Crippen molar-refractivity contribution in [2.45, 2.75) is 4.90 Å². The quantitative estimate of drug-likeness (QED) is 0.883.